The summed E-state index contributed by atoms with van der Waals surface area (Å²) in [4.78, 5) is 0. The second kappa shape index (κ2) is 104. The molecule has 0 aromatic rings. The van der Waals surface area contributed by atoms with E-state index in [-0.39, 0.29) is 46.8 Å². The van der Waals surface area contributed by atoms with E-state index in [1.807, 2.05) is 0 Å². The van der Waals surface area contributed by atoms with Gasteiger partial charge in [-0.3, -0.25) is 0 Å². The Bertz CT molecular complexity index is 15.6. The average molecular weight is 124 g/mol. The van der Waals surface area contributed by atoms with E-state index in [1.165, 1.54) is 0 Å². The first kappa shape index (κ1) is 54.5. The van der Waals surface area contributed by atoms with Gasteiger partial charge < -0.3 is 16.4 Å². The van der Waals surface area contributed by atoms with E-state index in [4.69, 9.17) is 9.73 Å². The van der Waals surface area contributed by atoms with Crippen LogP contribution in [0.15, 0.2) is 0 Å². The van der Waals surface area contributed by atoms with Crippen LogP contribution in [0.3, 0.4) is 0 Å². The summed E-state index contributed by atoms with van der Waals surface area (Å²) in [5.74, 6) is 0. The van der Waals surface area contributed by atoms with E-state index in [1.54, 1.807) is 0 Å². The normalized spacial score (nSPS) is 1.14. The van der Waals surface area contributed by atoms with Gasteiger partial charge in [0.05, 0.1) is 0 Å². The summed E-state index contributed by atoms with van der Waals surface area (Å²) in [6.45, 7) is 0. The fourth-order valence-electron chi connectivity index (χ4n) is 0. The molecule has 0 rings (SSSR count). The first-order valence-corrected chi connectivity index (χ1v) is 0.494. The fraction of sp³-hybridized carbons (Fsp3) is 0. The minimum absolute atomic E-state index is 0. The van der Waals surface area contributed by atoms with Gasteiger partial charge >= 0.3 is 40.1 Å². The Kier molecular flexibility index (Phi) is 807. The van der Waals surface area contributed by atoms with Crippen LogP contribution in [-0.2, 0) is 4.70 Å². The molecule has 0 radical (unpaired) electrons. The molecule has 0 saturated carbocycles. The molecule has 0 unspecified atom stereocenters. The SMILES string of the molecule is O.O.O.O=BO.[MgH2]. The van der Waals surface area contributed by atoms with Crippen molar-refractivity contribution in [3.63, 3.8) is 0 Å². The van der Waals surface area contributed by atoms with Gasteiger partial charge in [-0.15, -0.1) is 0 Å². The van der Waals surface area contributed by atoms with Gasteiger partial charge in [0.1, 0.15) is 0 Å². The van der Waals surface area contributed by atoms with Gasteiger partial charge in [0.25, 0.3) is 0 Å². The Morgan fingerprint density at radius 3 is 1.14 bits per heavy atom. The summed E-state index contributed by atoms with van der Waals surface area (Å²) in [6.07, 6.45) is 0. The molecular weight excluding hydrogens is 115 g/mol. The number of rotatable bonds is 0. The molecule has 5 nitrogen and oxygen atoms in total. The molecule has 0 bridgehead atoms. The van der Waals surface area contributed by atoms with Crippen molar-refractivity contribution in [2.24, 2.45) is 0 Å². The largest absolute Gasteiger partial charge is 0.316 e. The number of hydrogen-bond acceptors (Lipinski definition) is 1. The standard InChI is InChI=1S/BHO2.Mg.3H2O.2H/c2-1-3;;;;;;/h2H;;3*1H2;;. The van der Waals surface area contributed by atoms with Crippen molar-refractivity contribution in [2.75, 3.05) is 0 Å². The smallest absolute Gasteiger partial charge is 0.316 e. The van der Waals surface area contributed by atoms with Gasteiger partial charge in [0, 0.05) is 0 Å². The predicted octanol–water partition coefficient (Wildman–Crippen LogP) is -4.45. The molecule has 0 aliphatic rings. The van der Waals surface area contributed by atoms with Crippen LogP contribution in [0.1, 0.15) is 0 Å². The third-order valence-corrected chi connectivity index (χ3v) is 0. The first-order chi connectivity index (χ1) is 1.41. The maximum absolute atomic E-state index is 8.36. The topological polar surface area (TPSA) is 132 Å². The Morgan fingerprint density at radius 1 is 1.14 bits per heavy atom. The molecule has 44 valence electrons. The van der Waals surface area contributed by atoms with Crippen molar-refractivity contribution >= 4 is 30.4 Å². The van der Waals surface area contributed by atoms with Gasteiger partial charge in [-0.25, -0.2) is 0 Å². The molecule has 0 aromatic carbocycles. The Morgan fingerprint density at radius 2 is 1.14 bits per heavy atom. The van der Waals surface area contributed by atoms with Gasteiger partial charge in [-0.1, -0.05) is 0 Å². The van der Waals surface area contributed by atoms with Crippen molar-refractivity contribution in [3.8, 4) is 0 Å². The van der Waals surface area contributed by atoms with E-state index in [0.29, 0.717) is 0 Å². The van der Waals surface area contributed by atoms with E-state index < -0.39 is 0 Å². The van der Waals surface area contributed by atoms with Crippen LogP contribution < -0.4 is 0 Å². The Balaban J connectivity index is -0.00000000333. The molecule has 0 aliphatic heterocycles. The minimum Gasteiger partial charge on any atom is 0.316 e. The van der Waals surface area contributed by atoms with Crippen LogP contribution in [0.25, 0.3) is 0 Å². The molecule has 0 fully saturated rings. The third kappa shape index (κ3) is 1210. The second-order valence-electron chi connectivity index (χ2n) is 0.105. The van der Waals surface area contributed by atoms with Crippen molar-refractivity contribution < 1.29 is 26.2 Å². The average Bonchev–Trinajstić information content (AvgIpc) is 0.918. The number of hydrogen-bond donors (Lipinski definition) is 1. The Labute approximate surface area is 57.1 Å². The van der Waals surface area contributed by atoms with Crippen LogP contribution in [0.5, 0.6) is 0 Å². The zero-order chi connectivity index (χ0) is 2.71. The molecule has 7 heavy (non-hydrogen) atoms. The summed E-state index contributed by atoms with van der Waals surface area (Å²) in [5.41, 5.74) is 0. The molecule has 7 heteroatoms. The van der Waals surface area contributed by atoms with Crippen LogP contribution in [-0.4, -0.2) is 51.9 Å². The second-order valence-corrected chi connectivity index (χ2v) is 0.105. The van der Waals surface area contributed by atoms with E-state index in [0.717, 1.165) is 0 Å². The van der Waals surface area contributed by atoms with E-state index in [9.17, 15) is 0 Å². The van der Waals surface area contributed by atoms with Crippen molar-refractivity contribution in [1.82, 2.24) is 0 Å². The van der Waals surface area contributed by atoms with Gasteiger partial charge in [0.15, 0.2) is 0 Å². The van der Waals surface area contributed by atoms with Crippen LogP contribution in [0.2, 0.25) is 0 Å². The molecule has 0 aromatic heterocycles. The molecule has 0 aliphatic carbocycles. The molecular formula is H9BMgO5. The van der Waals surface area contributed by atoms with Gasteiger partial charge in [0.2, 0.25) is 0 Å². The van der Waals surface area contributed by atoms with Gasteiger partial charge in [-0.2, -0.15) is 0 Å². The molecule has 0 saturated heterocycles. The monoisotopic (exact) mass is 124 g/mol. The summed E-state index contributed by atoms with van der Waals surface area (Å²) in [5, 5.41) is 6.89. The van der Waals surface area contributed by atoms with E-state index in [2.05, 4.69) is 0 Å². The zero-order valence-corrected chi connectivity index (χ0v) is 2.93. The first-order valence-electron chi connectivity index (χ1n) is 0.494. The predicted molar refractivity (Wildman–Crippen MR) is 28.0 cm³/mol. The molecule has 0 amide bonds. The molecule has 0 atom stereocenters. The summed E-state index contributed by atoms with van der Waals surface area (Å²) >= 11 is 0. The maximum atomic E-state index is 8.36. The zero-order valence-electron chi connectivity index (χ0n) is 2.93. The van der Waals surface area contributed by atoms with Crippen LogP contribution in [0.4, 0.5) is 0 Å². The van der Waals surface area contributed by atoms with Crippen molar-refractivity contribution in [3.05, 3.63) is 0 Å². The minimum atomic E-state index is -0.250. The molecule has 7 N–H and O–H groups in total. The summed E-state index contributed by atoms with van der Waals surface area (Å²) < 4.78 is 8.36. The molecule has 0 spiro atoms. The van der Waals surface area contributed by atoms with E-state index >= 15 is 0 Å². The third-order valence-electron chi connectivity index (χ3n) is 0. The molecule has 0 heterocycles. The van der Waals surface area contributed by atoms with Gasteiger partial charge in [-0.05, 0) is 0 Å². The van der Waals surface area contributed by atoms with Crippen LogP contribution >= 0.6 is 0 Å². The Hall–Kier alpha value is 0.311. The fourth-order valence-corrected chi connectivity index (χ4v) is 0. The summed E-state index contributed by atoms with van der Waals surface area (Å²) in [7, 11) is -0.250. The quantitative estimate of drug-likeness (QED) is 0.326. The maximum Gasteiger partial charge on any atom is 0.316 e. The van der Waals surface area contributed by atoms with Crippen molar-refractivity contribution in [2.45, 2.75) is 0 Å². The van der Waals surface area contributed by atoms with Crippen LogP contribution in [0, 0.1) is 0 Å². The van der Waals surface area contributed by atoms with Crippen molar-refractivity contribution in [1.29, 1.82) is 0 Å². The summed E-state index contributed by atoms with van der Waals surface area (Å²) in [6, 6.07) is 0.